The lowest BCUT2D eigenvalue weighted by molar-refractivity contribution is 0.416. The van der Waals surface area contributed by atoms with E-state index in [1.54, 1.807) is 43.1 Å². The number of nitrogens with zero attached hydrogens (tertiary/aromatic N) is 4. The maximum Gasteiger partial charge on any atom is 0.245 e. The minimum atomic E-state index is 0.203. The molecule has 0 atom stereocenters. The van der Waals surface area contributed by atoms with E-state index >= 15 is 0 Å². The van der Waals surface area contributed by atoms with Crippen LogP contribution in [0.1, 0.15) is 5.56 Å². The Morgan fingerprint density at radius 3 is 2.88 bits per heavy atom. The third-order valence-electron chi connectivity index (χ3n) is 3.62. The van der Waals surface area contributed by atoms with Gasteiger partial charge >= 0.3 is 0 Å². The Kier molecular flexibility index (Phi) is 4.66. The maximum absolute atomic E-state index is 8.06. The van der Waals surface area contributed by atoms with E-state index in [0.717, 1.165) is 16.5 Å². The molecule has 0 unspecified atom stereocenters. The lowest BCUT2D eigenvalue weighted by Crippen LogP contribution is -2.24. The van der Waals surface area contributed by atoms with Gasteiger partial charge in [-0.3, -0.25) is 10.8 Å². The van der Waals surface area contributed by atoms with Crippen LogP contribution in [0.5, 0.6) is 5.75 Å². The Labute approximate surface area is 152 Å². The van der Waals surface area contributed by atoms with E-state index in [-0.39, 0.29) is 5.84 Å². The molecule has 25 heavy (non-hydrogen) atoms. The van der Waals surface area contributed by atoms with Crippen molar-refractivity contribution >= 4 is 45.3 Å². The first kappa shape index (κ1) is 16.9. The number of ether oxygens (including phenoxy) is 1. The van der Waals surface area contributed by atoms with Crippen LogP contribution in [0.3, 0.4) is 0 Å². The zero-order valence-corrected chi connectivity index (χ0v) is 15.2. The molecular weight excluding hydrogens is 386 g/mol. The Hall–Kier alpha value is -2.94. The summed E-state index contributed by atoms with van der Waals surface area (Å²) in [5, 5.41) is 22.8. The summed E-state index contributed by atoms with van der Waals surface area (Å²) in [6.07, 6.45) is 2.80. The number of amidine groups is 1. The molecule has 0 saturated heterocycles. The first-order chi connectivity index (χ1) is 12.0. The highest BCUT2D eigenvalue weighted by atomic mass is 79.9. The number of methoxy groups -OCH3 is 1. The fourth-order valence-electron chi connectivity index (χ4n) is 2.26. The van der Waals surface area contributed by atoms with Crippen LogP contribution >= 0.6 is 15.9 Å². The molecule has 8 nitrogen and oxygen atoms in total. The van der Waals surface area contributed by atoms with E-state index in [0.29, 0.717) is 22.9 Å². The van der Waals surface area contributed by atoms with E-state index in [4.69, 9.17) is 15.6 Å². The summed E-state index contributed by atoms with van der Waals surface area (Å²) in [7, 11) is 3.20. The molecule has 0 aliphatic rings. The maximum atomic E-state index is 8.06. The highest BCUT2D eigenvalue weighted by Crippen LogP contribution is 2.28. The van der Waals surface area contributed by atoms with E-state index < -0.39 is 0 Å². The highest BCUT2D eigenvalue weighted by molar-refractivity contribution is 9.10. The molecule has 3 rings (SSSR count). The molecule has 0 radical (unpaired) electrons. The van der Waals surface area contributed by atoms with Crippen molar-refractivity contribution in [2.75, 3.05) is 19.5 Å². The Morgan fingerprint density at radius 1 is 1.36 bits per heavy atom. The van der Waals surface area contributed by atoms with Crippen molar-refractivity contribution in [3.8, 4) is 5.75 Å². The molecule has 1 aromatic carbocycles. The molecule has 0 bridgehead atoms. The van der Waals surface area contributed by atoms with Crippen molar-refractivity contribution in [1.29, 1.82) is 10.8 Å². The first-order valence-corrected chi connectivity index (χ1v) is 8.10. The van der Waals surface area contributed by atoms with Crippen molar-refractivity contribution in [1.82, 2.24) is 19.5 Å². The van der Waals surface area contributed by atoms with Crippen LogP contribution in [-0.2, 0) is 0 Å². The lowest BCUT2D eigenvalue weighted by Gasteiger charge is -2.16. The van der Waals surface area contributed by atoms with Crippen LogP contribution in [0.25, 0.3) is 5.52 Å². The van der Waals surface area contributed by atoms with Crippen molar-refractivity contribution in [2.24, 2.45) is 0 Å². The van der Waals surface area contributed by atoms with Gasteiger partial charge in [0.2, 0.25) is 5.95 Å². The fourth-order valence-corrected chi connectivity index (χ4v) is 2.67. The molecule has 0 spiro atoms. The van der Waals surface area contributed by atoms with Gasteiger partial charge in [-0.25, -0.2) is 9.50 Å². The number of benzene rings is 1. The fraction of sp³-hybridized carbons (Fsp3) is 0.125. The summed E-state index contributed by atoms with van der Waals surface area (Å²) >= 11 is 3.43. The van der Waals surface area contributed by atoms with Crippen LogP contribution in [-0.4, -0.2) is 45.8 Å². The first-order valence-electron chi connectivity index (χ1n) is 7.31. The van der Waals surface area contributed by atoms with Crippen molar-refractivity contribution in [2.45, 2.75) is 0 Å². The van der Waals surface area contributed by atoms with E-state index in [2.05, 4.69) is 31.3 Å². The van der Waals surface area contributed by atoms with Gasteiger partial charge in [-0.1, -0.05) is 0 Å². The molecule has 9 heteroatoms. The predicted molar refractivity (Wildman–Crippen MR) is 100 cm³/mol. The van der Waals surface area contributed by atoms with Gasteiger partial charge in [0.15, 0.2) is 0 Å². The minimum absolute atomic E-state index is 0.203. The smallest absolute Gasteiger partial charge is 0.245 e. The average molecular weight is 402 g/mol. The van der Waals surface area contributed by atoms with Crippen LogP contribution in [0.15, 0.2) is 41.1 Å². The number of hydrogen-bond acceptors (Lipinski definition) is 6. The quantitative estimate of drug-likeness (QED) is 0.450. The molecule has 3 N–H and O–H groups in total. The molecular formula is C16H16BrN7O. The van der Waals surface area contributed by atoms with Crippen LogP contribution < -0.4 is 10.1 Å². The van der Waals surface area contributed by atoms with Crippen molar-refractivity contribution < 1.29 is 4.74 Å². The largest absolute Gasteiger partial charge is 0.495 e. The lowest BCUT2D eigenvalue weighted by atomic mass is 10.1. The third-order valence-corrected chi connectivity index (χ3v) is 4.22. The van der Waals surface area contributed by atoms with Gasteiger partial charge in [0, 0.05) is 12.6 Å². The predicted octanol–water partition coefficient (Wildman–Crippen LogP) is 3.11. The Balaban J connectivity index is 1.92. The average Bonchev–Trinajstić information content (AvgIpc) is 3.01. The van der Waals surface area contributed by atoms with Crippen LogP contribution in [0.4, 0.5) is 11.6 Å². The second kappa shape index (κ2) is 6.89. The molecule has 2 heterocycles. The number of anilines is 2. The molecule has 0 amide bonds. The minimum Gasteiger partial charge on any atom is -0.495 e. The standard InChI is InChI=1S/C16H16BrN7O/c1-23(9-18)15(19)10-3-5-12(13(7-10)25-2)21-16-20-8-11-4-6-14(17)24(11)22-16/h3-9,18-19H,1-2H3,(H,21,22). The summed E-state index contributed by atoms with van der Waals surface area (Å²) < 4.78 is 7.97. The normalized spacial score (nSPS) is 10.5. The van der Waals surface area contributed by atoms with Gasteiger partial charge in [-0.15, -0.1) is 5.10 Å². The van der Waals surface area contributed by atoms with E-state index in [9.17, 15) is 0 Å². The highest BCUT2D eigenvalue weighted by Gasteiger charge is 2.12. The number of fused-ring (bicyclic) bond motifs is 1. The van der Waals surface area contributed by atoms with Gasteiger partial charge in [0.05, 0.1) is 30.8 Å². The van der Waals surface area contributed by atoms with Crippen LogP contribution in [0, 0.1) is 10.8 Å². The second-order valence-corrected chi connectivity index (χ2v) is 6.02. The third kappa shape index (κ3) is 3.31. The van der Waals surface area contributed by atoms with Gasteiger partial charge < -0.3 is 15.0 Å². The topological polar surface area (TPSA) is 102 Å². The van der Waals surface area contributed by atoms with Crippen LogP contribution in [0.2, 0.25) is 0 Å². The van der Waals surface area contributed by atoms with Gasteiger partial charge in [-0.2, -0.15) is 0 Å². The zero-order chi connectivity index (χ0) is 18.0. The summed E-state index contributed by atoms with van der Waals surface area (Å²) in [6.45, 7) is 0. The van der Waals surface area contributed by atoms with E-state index in [1.807, 2.05) is 12.1 Å². The number of aromatic nitrogens is 3. The summed E-state index contributed by atoms with van der Waals surface area (Å²) in [4.78, 5) is 5.70. The molecule has 3 aromatic rings. The van der Waals surface area contributed by atoms with Crippen molar-refractivity contribution in [3.63, 3.8) is 0 Å². The molecule has 0 aliphatic carbocycles. The van der Waals surface area contributed by atoms with Crippen molar-refractivity contribution in [3.05, 3.63) is 46.7 Å². The number of rotatable bonds is 5. The SMILES string of the molecule is COc1cc(C(=N)N(C)C=N)ccc1Nc1ncc2ccc(Br)n2n1. The van der Waals surface area contributed by atoms with Gasteiger partial charge in [-0.05, 0) is 46.3 Å². The Morgan fingerprint density at radius 2 is 2.16 bits per heavy atom. The molecule has 0 aliphatic heterocycles. The summed E-state index contributed by atoms with van der Waals surface area (Å²) in [5.41, 5.74) is 2.19. The monoisotopic (exact) mass is 401 g/mol. The number of halogens is 1. The molecule has 0 fully saturated rings. The molecule has 0 saturated carbocycles. The Bertz CT molecular complexity index is 953. The van der Waals surface area contributed by atoms with Gasteiger partial charge in [0.25, 0.3) is 0 Å². The molecule has 128 valence electrons. The number of hydrogen-bond donors (Lipinski definition) is 3. The molecule has 2 aromatic heterocycles. The second-order valence-electron chi connectivity index (χ2n) is 5.20. The summed E-state index contributed by atoms with van der Waals surface area (Å²) in [5.74, 6) is 1.17. The number of nitrogens with one attached hydrogen (secondary N) is 3. The summed E-state index contributed by atoms with van der Waals surface area (Å²) in [6, 6.07) is 9.11. The van der Waals surface area contributed by atoms with Gasteiger partial charge in [0.1, 0.15) is 16.2 Å². The zero-order valence-electron chi connectivity index (χ0n) is 13.6. The van der Waals surface area contributed by atoms with E-state index in [1.165, 1.54) is 4.90 Å².